The fourth-order valence-electron chi connectivity index (χ4n) is 1.45. The van der Waals surface area contributed by atoms with Gasteiger partial charge in [0.25, 0.3) is 5.91 Å². The summed E-state index contributed by atoms with van der Waals surface area (Å²) >= 11 is 2.22. The molecule has 0 atom stereocenters. The van der Waals surface area contributed by atoms with Crippen LogP contribution in [0.15, 0.2) is 24.3 Å². The van der Waals surface area contributed by atoms with E-state index in [0.717, 1.165) is 22.0 Å². The zero-order valence-electron chi connectivity index (χ0n) is 7.79. The first-order chi connectivity index (χ1) is 6.75. The molecule has 3 heteroatoms. The van der Waals surface area contributed by atoms with Gasteiger partial charge >= 0.3 is 0 Å². The Hall–Kier alpha value is -0.580. The van der Waals surface area contributed by atoms with Crippen LogP contribution in [0.4, 0.5) is 0 Å². The summed E-state index contributed by atoms with van der Waals surface area (Å²) in [7, 11) is 0. The lowest BCUT2D eigenvalue weighted by Gasteiger charge is -2.26. The molecule has 0 unspecified atom stereocenters. The van der Waals surface area contributed by atoms with Gasteiger partial charge in [0.15, 0.2) is 0 Å². The van der Waals surface area contributed by atoms with Gasteiger partial charge in [-0.25, -0.2) is 0 Å². The lowest BCUT2D eigenvalue weighted by atomic mass is 9.93. The molecule has 14 heavy (non-hydrogen) atoms. The van der Waals surface area contributed by atoms with Gasteiger partial charge in [0.05, 0.1) is 0 Å². The quantitative estimate of drug-likeness (QED) is 0.836. The van der Waals surface area contributed by atoms with Crippen molar-refractivity contribution in [1.29, 1.82) is 0 Å². The van der Waals surface area contributed by atoms with Crippen molar-refractivity contribution in [1.82, 2.24) is 5.32 Å². The largest absolute Gasteiger partial charge is 0.349 e. The van der Waals surface area contributed by atoms with Crippen molar-refractivity contribution in [3.8, 4) is 0 Å². The standard InChI is InChI=1S/C11H12INO/c12-9-4-1-3-8(7-9)11(14)13-10-5-2-6-10/h1,3-4,7,10H,2,5-6H2,(H,13,14). The van der Waals surface area contributed by atoms with E-state index in [-0.39, 0.29) is 5.91 Å². The summed E-state index contributed by atoms with van der Waals surface area (Å²) in [5, 5.41) is 3.02. The van der Waals surface area contributed by atoms with Gasteiger partial charge in [-0.1, -0.05) is 6.07 Å². The Bertz CT molecular complexity index is 347. The third-order valence-corrected chi connectivity index (χ3v) is 3.20. The first-order valence-corrected chi connectivity index (χ1v) is 5.90. The summed E-state index contributed by atoms with van der Waals surface area (Å²) in [4.78, 5) is 11.7. The van der Waals surface area contributed by atoms with E-state index in [0.29, 0.717) is 6.04 Å². The Labute approximate surface area is 97.2 Å². The molecule has 0 radical (unpaired) electrons. The van der Waals surface area contributed by atoms with E-state index < -0.39 is 0 Å². The zero-order chi connectivity index (χ0) is 9.97. The third-order valence-electron chi connectivity index (χ3n) is 2.53. The van der Waals surface area contributed by atoms with E-state index in [2.05, 4.69) is 27.9 Å². The molecule has 2 nitrogen and oxygen atoms in total. The van der Waals surface area contributed by atoms with Crippen molar-refractivity contribution >= 4 is 28.5 Å². The number of carbonyl (C=O) groups excluding carboxylic acids is 1. The van der Waals surface area contributed by atoms with E-state index in [1.54, 1.807) is 0 Å². The second-order valence-electron chi connectivity index (χ2n) is 3.61. The lowest BCUT2D eigenvalue weighted by Crippen LogP contribution is -2.39. The van der Waals surface area contributed by atoms with Crippen LogP contribution in [0.3, 0.4) is 0 Å². The Morgan fingerprint density at radius 1 is 1.43 bits per heavy atom. The van der Waals surface area contributed by atoms with Crippen LogP contribution in [-0.2, 0) is 0 Å². The van der Waals surface area contributed by atoms with Crippen LogP contribution in [0.25, 0.3) is 0 Å². The van der Waals surface area contributed by atoms with Gasteiger partial charge < -0.3 is 5.32 Å². The maximum atomic E-state index is 11.7. The van der Waals surface area contributed by atoms with Crippen LogP contribution >= 0.6 is 22.6 Å². The van der Waals surface area contributed by atoms with E-state index in [1.807, 2.05) is 24.3 Å². The number of carbonyl (C=O) groups is 1. The molecule has 0 heterocycles. The van der Waals surface area contributed by atoms with Crippen LogP contribution in [0, 0.1) is 3.57 Å². The van der Waals surface area contributed by atoms with Gasteiger partial charge in [-0.2, -0.15) is 0 Å². The smallest absolute Gasteiger partial charge is 0.251 e. The molecule has 1 saturated carbocycles. The number of hydrogen-bond acceptors (Lipinski definition) is 1. The molecule has 1 aromatic rings. The molecule has 0 aromatic heterocycles. The second-order valence-corrected chi connectivity index (χ2v) is 4.86. The highest BCUT2D eigenvalue weighted by atomic mass is 127. The average Bonchev–Trinajstić information content (AvgIpc) is 2.11. The Morgan fingerprint density at radius 3 is 2.79 bits per heavy atom. The van der Waals surface area contributed by atoms with Crippen molar-refractivity contribution < 1.29 is 4.79 Å². The van der Waals surface area contributed by atoms with Gasteiger partial charge in [0, 0.05) is 15.2 Å². The Kier molecular flexibility index (Phi) is 3.05. The minimum atomic E-state index is 0.0632. The van der Waals surface area contributed by atoms with Gasteiger partial charge in [0.1, 0.15) is 0 Å². The highest BCUT2D eigenvalue weighted by molar-refractivity contribution is 14.1. The highest BCUT2D eigenvalue weighted by Crippen LogP contribution is 2.18. The number of rotatable bonds is 2. The Balaban J connectivity index is 2.02. The molecule has 1 aliphatic carbocycles. The first kappa shape index (κ1) is 9.96. The van der Waals surface area contributed by atoms with Crippen molar-refractivity contribution in [3.05, 3.63) is 33.4 Å². The van der Waals surface area contributed by atoms with Crippen molar-refractivity contribution in [2.24, 2.45) is 0 Å². The van der Waals surface area contributed by atoms with Crippen LogP contribution < -0.4 is 5.32 Å². The van der Waals surface area contributed by atoms with Gasteiger partial charge in [-0.3, -0.25) is 4.79 Å². The molecule has 0 spiro atoms. The molecule has 0 bridgehead atoms. The highest BCUT2D eigenvalue weighted by Gasteiger charge is 2.19. The summed E-state index contributed by atoms with van der Waals surface area (Å²) < 4.78 is 1.10. The minimum Gasteiger partial charge on any atom is -0.349 e. The monoisotopic (exact) mass is 301 g/mol. The molecule has 0 aliphatic heterocycles. The number of hydrogen-bond donors (Lipinski definition) is 1. The van der Waals surface area contributed by atoms with Crippen LogP contribution in [0.5, 0.6) is 0 Å². The first-order valence-electron chi connectivity index (χ1n) is 4.82. The molecular weight excluding hydrogens is 289 g/mol. The molecule has 0 saturated heterocycles. The maximum absolute atomic E-state index is 11.7. The summed E-state index contributed by atoms with van der Waals surface area (Å²) in [6.07, 6.45) is 3.52. The fraction of sp³-hybridized carbons (Fsp3) is 0.364. The number of benzene rings is 1. The van der Waals surface area contributed by atoms with E-state index in [9.17, 15) is 4.79 Å². The molecule has 74 valence electrons. The van der Waals surface area contributed by atoms with Crippen molar-refractivity contribution in [2.45, 2.75) is 25.3 Å². The van der Waals surface area contributed by atoms with Gasteiger partial charge in [-0.15, -0.1) is 0 Å². The predicted octanol–water partition coefficient (Wildman–Crippen LogP) is 2.57. The lowest BCUT2D eigenvalue weighted by molar-refractivity contribution is 0.0917. The maximum Gasteiger partial charge on any atom is 0.251 e. The molecule has 1 aliphatic rings. The van der Waals surface area contributed by atoms with Crippen LogP contribution in [0.2, 0.25) is 0 Å². The fourth-order valence-corrected chi connectivity index (χ4v) is 1.99. The molecule has 1 N–H and O–H groups in total. The number of amides is 1. The number of halogens is 1. The summed E-state index contributed by atoms with van der Waals surface area (Å²) in [6.45, 7) is 0. The van der Waals surface area contributed by atoms with E-state index in [1.165, 1.54) is 6.42 Å². The molecule has 1 aromatic carbocycles. The second kappa shape index (κ2) is 4.29. The number of nitrogens with one attached hydrogen (secondary N) is 1. The van der Waals surface area contributed by atoms with Crippen LogP contribution in [-0.4, -0.2) is 11.9 Å². The molecule has 1 amide bonds. The molecular formula is C11H12INO. The average molecular weight is 301 g/mol. The zero-order valence-corrected chi connectivity index (χ0v) is 9.95. The third kappa shape index (κ3) is 2.26. The van der Waals surface area contributed by atoms with Gasteiger partial charge in [-0.05, 0) is 60.1 Å². The SMILES string of the molecule is O=C(NC1CCC1)c1cccc(I)c1. The predicted molar refractivity (Wildman–Crippen MR) is 64.3 cm³/mol. The minimum absolute atomic E-state index is 0.0632. The summed E-state index contributed by atoms with van der Waals surface area (Å²) in [5.41, 5.74) is 0.767. The Morgan fingerprint density at radius 2 is 2.21 bits per heavy atom. The van der Waals surface area contributed by atoms with Crippen molar-refractivity contribution in [3.63, 3.8) is 0 Å². The van der Waals surface area contributed by atoms with E-state index >= 15 is 0 Å². The molecule has 1 fully saturated rings. The van der Waals surface area contributed by atoms with Gasteiger partial charge in [0.2, 0.25) is 0 Å². The summed E-state index contributed by atoms with van der Waals surface area (Å²) in [6, 6.07) is 8.09. The van der Waals surface area contributed by atoms with Crippen molar-refractivity contribution in [2.75, 3.05) is 0 Å². The topological polar surface area (TPSA) is 29.1 Å². The van der Waals surface area contributed by atoms with E-state index in [4.69, 9.17) is 0 Å². The van der Waals surface area contributed by atoms with Crippen LogP contribution in [0.1, 0.15) is 29.6 Å². The normalized spacial score (nSPS) is 16.1. The molecule has 2 rings (SSSR count). The summed E-state index contributed by atoms with van der Waals surface area (Å²) in [5.74, 6) is 0.0632.